The van der Waals surface area contributed by atoms with Crippen LogP contribution in [0.2, 0.25) is 0 Å². The van der Waals surface area contributed by atoms with Crippen molar-refractivity contribution in [1.29, 1.82) is 0 Å². The highest BCUT2D eigenvalue weighted by molar-refractivity contribution is 6.03. The first-order valence-corrected chi connectivity index (χ1v) is 8.53. The Hall–Kier alpha value is -3.20. The summed E-state index contributed by atoms with van der Waals surface area (Å²) in [5.41, 5.74) is 2.58. The first kappa shape index (κ1) is 21.1. The Kier molecular flexibility index (Phi) is 6.89. The number of hydrogen-bond donors (Lipinski definition) is 1. The highest BCUT2D eigenvalue weighted by atomic mass is 16.5. The number of anilines is 1. The van der Waals surface area contributed by atoms with Crippen LogP contribution in [0.4, 0.5) is 5.69 Å². The van der Waals surface area contributed by atoms with Gasteiger partial charge in [0, 0.05) is 24.8 Å². The second-order valence-corrected chi connectivity index (χ2v) is 6.34. The molecule has 1 heterocycles. The molecule has 1 aromatic carbocycles. The highest BCUT2D eigenvalue weighted by Crippen LogP contribution is 2.20. The third kappa shape index (κ3) is 4.95. The summed E-state index contributed by atoms with van der Waals surface area (Å²) in [6.07, 6.45) is 1.76. The van der Waals surface area contributed by atoms with Gasteiger partial charge in [0.25, 0.3) is 0 Å². The minimum atomic E-state index is -0.619. The standard InChI is InChI=1S/C19H24N4O5/c1-12-14(9-20-23(12)3)10-22(2)11-17(24)21-16-8-13(18(25)27-4)6-7-15(16)19(26)28-5/h6-9H,10-11H2,1-5H3,(H,21,24). The van der Waals surface area contributed by atoms with Crippen LogP contribution in [0.15, 0.2) is 24.4 Å². The second-order valence-electron chi connectivity index (χ2n) is 6.34. The Labute approximate surface area is 163 Å². The molecule has 0 spiro atoms. The van der Waals surface area contributed by atoms with Crippen LogP contribution in [-0.4, -0.2) is 60.3 Å². The number of rotatable bonds is 7. The number of likely N-dealkylation sites (N-methyl/N-ethyl adjacent to an activating group) is 1. The van der Waals surface area contributed by atoms with Crippen LogP contribution in [0.1, 0.15) is 32.0 Å². The van der Waals surface area contributed by atoms with E-state index in [0.29, 0.717) is 6.54 Å². The van der Waals surface area contributed by atoms with Crippen molar-refractivity contribution in [2.75, 3.05) is 33.1 Å². The smallest absolute Gasteiger partial charge is 0.339 e. The van der Waals surface area contributed by atoms with E-state index in [1.165, 1.54) is 32.4 Å². The first-order chi connectivity index (χ1) is 13.3. The molecule has 150 valence electrons. The van der Waals surface area contributed by atoms with E-state index in [1.54, 1.807) is 17.9 Å². The molecule has 0 aliphatic carbocycles. The Morgan fingerprint density at radius 1 is 1.18 bits per heavy atom. The number of esters is 2. The predicted octanol–water partition coefficient (Wildman–Crippen LogP) is 1.37. The van der Waals surface area contributed by atoms with Gasteiger partial charge in [0.15, 0.2) is 0 Å². The van der Waals surface area contributed by atoms with Gasteiger partial charge in [-0.2, -0.15) is 5.10 Å². The number of benzene rings is 1. The van der Waals surface area contributed by atoms with Crippen molar-refractivity contribution in [1.82, 2.24) is 14.7 Å². The van der Waals surface area contributed by atoms with E-state index in [0.717, 1.165) is 11.3 Å². The lowest BCUT2D eigenvalue weighted by atomic mass is 10.1. The van der Waals surface area contributed by atoms with Gasteiger partial charge in [-0.05, 0) is 32.2 Å². The fraction of sp³-hybridized carbons (Fsp3) is 0.368. The van der Waals surface area contributed by atoms with Crippen molar-refractivity contribution in [2.45, 2.75) is 13.5 Å². The summed E-state index contributed by atoms with van der Waals surface area (Å²) in [5.74, 6) is -1.53. The van der Waals surface area contributed by atoms with Gasteiger partial charge < -0.3 is 14.8 Å². The third-order valence-corrected chi connectivity index (χ3v) is 4.31. The molecule has 0 bridgehead atoms. The van der Waals surface area contributed by atoms with E-state index < -0.39 is 11.9 Å². The number of nitrogens with one attached hydrogen (secondary N) is 1. The lowest BCUT2D eigenvalue weighted by Gasteiger charge is -2.17. The van der Waals surface area contributed by atoms with Gasteiger partial charge >= 0.3 is 11.9 Å². The molecule has 28 heavy (non-hydrogen) atoms. The molecule has 0 unspecified atom stereocenters. The van der Waals surface area contributed by atoms with Crippen molar-refractivity contribution in [3.05, 3.63) is 46.8 Å². The van der Waals surface area contributed by atoms with Gasteiger partial charge in [0.2, 0.25) is 5.91 Å². The zero-order valence-electron chi connectivity index (χ0n) is 16.6. The summed E-state index contributed by atoms with van der Waals surface area (Å²) in [4.78, 5) is 38.0. The lowest BCUT2D eigenvalue weighted by molar-refractivity contribution is -0.117. The summed E-state index contributed by atoms with van der Waals surface area (Å²) in [6, 6.07) is 4.24. The first-order valence-electron chi connectivity index (χ1n) is 8.53. The van der Waals surface area contributed by atoms with Crippen molar-refractivity contribution in [3.63, 3.8) is 0 Å². The van der Waals surface area contributed by atoms with Crippen LogP contribution in [0.5, 0.6) is 0 Å². The Morgan fingerprint density at radius 2 is 1.86 bits per heavy atom. The second kappa shape index (κ2) is 9.14. The summed E-state index contributed by atoms with van der Waals surface area (Å²) in [5, 5.41) is 6.86. The Bertz CT molecular complexity index is 890. The van der Waals surface area contributed by atoms with E-state index in [1.807, 2.05) is 18.9 Å². The molecule has 1 amide bonds. The van der Waals surface area contributed by atoms with Crippen LogP contribution in [0.25, 0.3) is 0 Å². The van der Waals surface area contributed by atoms with Gasteiger partial charge in [-0.15, -0.1) is 0 Å². The summed E-state index contributed by atoms with van der Waals surface area (Å²) in [6.45, 7) is 2.58. The minimum absolute atomic E-state index is 0.0808. The minimum Gasteiger partial charge on any atom is -0.465 e. The monoisotopic (exact) mass is 388 g/mol. The number of aromatic nitrogens is 2. The largest absolute Gasteiger partial charge is 0.465 e. The molecule has 0 atom stereocenters. The molecule has 1 N–H and O–H groups in total. The van der Waals surface area contributed by atoms with E-state index in [-0.39, 0.29) is 29.3 Å². The number of aryl methyl sites for hydroxylation is 1. The predicted molar refractivity (Wildman–Crippen MR) is 102 cm³/mol. The molecule has 0 aliphatic rings. The van der Waals surface area contributed by atoms with Crippen molar-refractivity contribution in [3.8, 4) is 0 Å². The molecule has 0 saturated carbocycles. The molecule has 2 aromatic rings. The van der Waals surface area contributed by atoms with Crippen molar-refractivity contribution in [2.24, 2.45) is 7.05 Å². The van der Waals surface area contributed by atoms with Gasteiger partial charge in [0.1, 0.15) is 0 Å². The topological polar surface area (TPSA) is 103 Å². The quantitative estimate of drug-likeness (QED) is 0.715. The fourth-order valence-corrected chi connectivity index (χ4v) is 2.66. The van der Waals surface area contributed by atoms with E-state index in [9.17, 15) is 14.4 Å². The molecule has 1 aromatic heterocycles. The molecule has 9 nitrogen and oxygen atoms in total. The molecule has 2 rings (SSSR count). The number of ether oxygens (including phenoxy) is 2. The fourth-order valence-electron chi connectivity index (χ4n) is 2.66. The van der Waals surface area contributed by atoms with Gasteiger partial charge in [0.05, 0.1) is 43.8 Å². The van der Waals surface area contributed by atoms with Gasteiger partial charge in [-0.25, -0.2) is 9.59 Å². The highest BCUT2D eigenvalue weighted by Gasteiger charge is 2.18. The molecule has 0 aliphatic heterocycles. The maximum Gasteiger partial charge on any atom is 0.339 e. The SMILES string of the molecule is COC(=O)c1ccc(C(=O)OC)c(NC(=O)CN(C)Cc2cnn(C)c2C)c1. The maximum atomic E-state index is 12.5. The number of amides is 1. The zero-order valence-corrected chi connectivity index (χ0v) is 16.6. The van der Waals surface area contributed by atoms with Crippen LogP contribution in [-0.2, 0) is 27.9 Å². The van der Waals surface area contributed by atoms with Crippen LogP contribution in [0.3, 0.4) is 0 Å². The molecule has 0 radical (unpaired) electrons. The molecule has 9 heteroatoms. The van der Waals surface area contributed by atoms with Gasteiger partial charge in [-0.3, -0.25) is 14.4 Å². The average molecular weight is 388 g/mol. The maximum absolute atomic E-state index is 12.5. The normalized spacial score (nSPS) is 10.6. The lowest BCUT2D eigenvalue weighted by Crippen LogP contribution is -2.30. The Balaban J connectivity index is 2.13. The number of methoxy groups -OCH3 is 2. The molecular formula is C19H24N4O5. The molecule has 0 fully saturated rings. The van der Waals surface area contributed by atoms with Crippen LogP contribution in [0, 0.1) is 6.92 Å². The molecule has 0 saturated heterocycles. The van der Waals surface area contributed by atoms with Crippen molar-refractivity contribution < 1.29 is 23.9 Å². The molecular weight excluding hydrogens is 364 g/mol. The van der Waals surface area contributed by atoms with Gasteiger partial charge in [-0.1, -0.05) is 0 Å². The van der Waals surface area contributed by atoms with E-state index in [4.69, 9.17) is 4.74 Å². The third-order valence-electron chi connectivity index (χ3n) is 4.31. The summed E-state index contributed by atoms with van der Waals surface area (Å²) < 4.78 is 11.2. The van der Waals surface area contributed by atoms with E-state index in [2.05, 4.69) is 15.2 Å². The summed E-state index contributed by atoms with van der Waals surface area (Å²) >= 11 is 0. The van der Waals surface area contributed by atoms with E-state index >= 15 is 0 Å². The summed E-state index contributed by atoms with van der Waals surface area (Å²) in [7, 11) is 6.16. The van der Waals surface area contributed by atoms with Crippen molar-refractivity contribution >= 4 is 23.5 Å². The van der Waals surface area contributed by atoms with Crippen LogP contribution < -0.4 is 5.32 Å². The zero-order chi connectivity index (χ0) is 20.8. The van der Waals surface area contributed by atoms with Crippen LogP contribution >= 0.6 is 0 Å². The number of nitrogens with zero attached hydrogens (tertiary/aromatic N) is 3. The average Bonchev–Trinajstić information content (AvgIpc) is 2.98. The number of carbonyl (C=O) groups is 3. The number of carbonyl (C=O) groups excluding carboxylic acids is 3. The number of hydrogen-bond acceptors (Lipinski definition) is 7. The Morgan fingerprint density at radius 3 is 2.43 bits per heavy atom.